The van der Waals surface area contributed by atoms with E-state index >= 15 is 0 Å². The molecule has 0 amide bonds. The lowest BCUT2D eigenvalue weighted by Gasteiger charge is -2.42. The topological polar surface area (TPSA) is 86.1 Å². The quantitative estimate of drug-likeness (QED) is 0.219. The minimum absolute atomic E-state index is 0.109. The summed E-state index contributed by atoms with van der Waals surface area (Å²) in [7, 11) is 2.86. The maximum atomic E-state index is 13.0. The molecule has 0 saturated carbocycles. The van der Waals surface area contributed by atoms with E-state index in [1.165, 1.54) is 11.7 Å². The first-order chi connectivity index (χ1) is 20.1. The second-order valence-corrected chi connectivity index (χ2v) is 10.4. The number of halogens is 3. The molecular weight excluding hydrogens is 553 g/mol. The predicted molar refractivity (Wildman–Crippen MR) is 151 cm³/mol. The third-order valence-electron chi connectivity index (χ3n) is 7.58. The third-order valence-corrected chi connectivity index (χ3v) is 7.58. The van der Waals surface area contributed by atoms with E-state index in [4.69, 9.17) is 14.2 Å². The van der Waals surface area contributed by atoms with Crippen molar-refractivity contribution in [2.75, 3.05) is 47.0 Å². The number of fused-ring (bicyclic) bond motifs is 1. The summed E-state index contributed by atoms with van der Waals surface area (Å²) in [6.07, 6.45) is -0.653. The molecular formula is C30H37F3N4O5. The van der Waals surface area contributed by atoms with Gasteiger partial charge in [-0.2, -0.15) is 13.2 Å². The predicted octanol–water partition coefficient (Wildman–Crippen LogP) is 5.74. The lowest BCUT2D eigenvalue weighted by atomic mass is 9.99. The molecule has 228 valence electrons. The fourth-order valence-electron chi connectivity index (χ4n) is 5.34. The fraction of sp³-hybridized carbons (Fsp3) is 0.500. The van der Waals surface area contributed by atoms with Gasteiger partial charge in [0.2, 0.25) is 0 Å². The van der Waals surface area contributed by atoms with Gasteiger partial charge < -0.3 is 14.2 Å². The highest BCUT2D eigenvalue weighted by molar-refractivity contribution is 5.95. The van der Waals surface area contributed by atoms with Crippen LogP contribution in [0.2, 0.25) is 0 Å². The van der Waals surface area contributed by atoms with Crippen LogP contribution in [0.25, 0.3) is 10.9 Å². The monoisotopic (exact) mass is 590 g/mol. The van der Waals surface area contributed by atoms with Gasteiger partial charge in [0.1, 0.15) is 11.4 Å². The van der Waals surface area contributed by atoms with Gasteiger partial charge in [-0.05, 0) is 42.7 Å². The molecule has 12 heteroatoms. The average molecular weight is 591 g/mol. The first-order valence-corrected chi connectivity index (χ1v) is 14.0. The van der Waals surface area contributed by atoms with Crippen LogP contribution in [0, 0.1) is 6.92 Å². The molecule has 1 saturated heterocycles. The molecule has 0 radical (unpaired) electrons. The smallest absolute Gasteiger partial charge is 0.418 e. The number of alkyl halides is 3. The van der Waals surface area contributed by atoms with Gasteiger partial charge in [0.05, 0.1) is 32.8 Å². The number of methoxy groups -OCH3 is 2. The van der Waals surface area contributed by atoms with Crippen molar-refractivity contribution in [3.05, 3.63) is 59.0 Å². The number of benzene rings is 1. The summed E-state index contributed by atoms with van der Waals surface area (Å²) in [5.41, 5.74) is 3.33. The van der Waals surface area contributed by atoms with Gasteiger partial charge in [0, 0.05) is 62.1 Å². The van der Waals surface area contributed by atoms with Gasteiger partial charge in [-0.25, -0.2) is 14.6 Å². The molecule has 4 rings (SSSR count). The largest absolute Gasteiger partial charge is 0.496 e. The first kappa shape index (κ1) is 31.3. The van der Waals surface area contributed by atoms with E-state index in [2.05, 4.69) is 9.88 Å². The number of hydrogen-bond acceptors (Lipinski definition) is 8. The molecule has 9 nitrogen and oxygen atoms in total. The normalized spacial score (nSPS) is 16.5. The number of nitrogens with zero attached hydrogens (tertiary/aromatic N) is 4. The molecule has 1 fully saturated rings. The van der Waals surface area contributed by atoms with Crippen LogP contribution >= 0.6 is 0 Å². The maximum Gasteiger partial charge on any atom is 0.418 e. The van der Waals surface area contributed by atoms with Gasteiger partial charge in [-0.15, -0.1) is 0 Å². The number of piperazine rings is 1. The molecule has 0 N–H and O–H groups in total. The van der Waals surface area contributed by atoms with Crippen molar-refractivity contribution in [2.24, 2.45) is 0 Å². The average Bonchev–Trinajstić information content (AvgIpc) is 3.43. The Morgan fingerprint density at radius 3 is 2.57 bits per heavy atom. The van der Waals surface area contributed by atoms with E-state index in [0.717, 1.165) is 40.4 Å². The molecule has 1 aliphatic heterocycles. The Kier molecular flexibility index (Phi) is 10.1. The van der Waals surface area contributed by atoms with E-state index in [1.54, 1.807) is 36.5 Å². The van der Waals surface area contributed by atoms with E-state index in [9.17, 15) is 22.8 Å². The number of rotatable bonds is 10. The van der Waals surface area contributed by atoms with Crippen LogP contribution in [0.4, 0.5) is 18.0 Å². The van der Waals surface area contributed by atoms with Crippen LogP contribution in [-0.4, -0.2) is 84.6 Å². The Morgan fingerprint density at radius 1 is 1.14 bits per heavy atom. The summed E-state index contributed by atoms with van der Waals surface area (Å²) >= 11 is 0. The zero-order valence-corrected chi connectivity index (χ0v) is 24.4. The summed E-state index contributed by atoms with van der Waals surface area (Å²) in [5, 5.41) is 0.830. The number of unbranched alkanes of at least 4 members (excludes halogenated alkanes) is 1. The van der Waals surface area contributed by atoms with Crippen LogP contribution in [0.3, 0.4) is 0 Å². The van der Waals surface area contributed by atoms with E-state index in [1.807, 2.05) is 26.0 Å². The molecule has 3 heterocycles. The lowest BCUT2D eigenvalue weighted by molar-refractivity contribution is -0.139. The molecule has 0 spiro atoms. The standard InChI is InChI=1S/C30H37F3N4O5/c1-5-6-15-42-29(39)37-11-9-22-23(26(40-3)16-20(2)27(22)37)18-36-14-13-35(12-10-30(31,32)33)19-25(36)21-7-8-24(34-17-21)28(38)41-4/h7-9,11,16-17,25H,5-6,10,12-15,18-19H2,1-4H3. The third kappa shape index (κ3) is 7.22. The van der Waals surface area contributed by atoms with Crippen molar-refractivity contribution < 1.29 is 37.0 Å². The molecule has 1 atom stereocenters. The number of aryl methyl sites for hydroxylation is 1. The second kappa shape index (κ2) is 13.6. The number of ether oxygens (including phenoxy) is 3. The van der Waals surface area contributed by atoms with Crippen molar-refractivity contribution in [3.63, 3.8) is 0 Å². The SMILES string of the molecule is CCCCOC(=O)n1ccc2c(CN3CCN(CCC(F)(F)F)CC3c3ccc(C(=O)OC)nc3)c(OC)cc(C)c21. The number of carbonyl (C=O) groups excluding carboxylic acids is 2. The van der Waals surface area contributed by atoms with Crippen LogP contribution < -0.4 is 4.74 Å². The summed E-state index contributed by atoms with van der Waals surface area (Å²) in [6.45, 7) is 5.84. The second-order valence-electron chi connectivity index (χ2n) is 10.4. The van der Waals surface area contributed by atoms with Crippen LogP contribution in [0.15, 0.2) is 36.7 Å². The highest BCUT2D eigenvalue weighted by Crippen LogP contribution is 2.36. The van der Waals surface area contributed by atoms with Gasteiger partial charge in [-0.1, -0.05) is 19.4 Å². The summed E-state index contributed by atoms with van der Waals surface area (Å²) in [5.74, 6) is 0.0767. The van der Waals surface area contributed by atoms with Gasteiger partial charge in [0.15, 0.2) is 0 Å². The Morgan fingerprint density at radius 2 is 1.93 bits per heavy atom. The molecule has 3 aromatic rings. The van der Waals surface area contributed by atoms with E-state index in [-0.39, 0.29) is 18.3 Å². The molecule has 1 unspecified atom stereocenters. The fourth-order valence-corrected chi connectivity index (χ4v) is 5.34. The van der Waals surface area contributed by atoms with Gasteiger partial charge in [0.25, 0.3) is 0 Å². The molecule has 0 bridgehead atoms. The van der Waals surface area contributed by atoms with Crippen molar-refractivity contribution in [1.29, 1.82) is 0 Å². The number of pyridine rings is 1. The Labute approximate surface area is 243 Å². The van der Waals surface area contributed by atoms with Gasteiger partial charge in [-0.3, -0.25) is 14.4 Å². The minimum Gasteiger partial charge on any atom is -0.496 e. The minimum atomic E-state index is -4.25. The van der Waals surface area contributed by atoms with Crippen LogP contribution in [-0.2, 0) is 16.0 Å². The lowest BCUT2D eigenvalue weighted by Crippen LogP contribution is -2.48. The zero-order valence-electron chi connectivity index (χ0n) is 24.4. The highest BCUT2D eigenvalue weighted by atomic mass is 19.4. The van der Waals surface area contributed by atoms with Crippen LogP contribution in [0.1, 0.15) is 59.4 Å². The first-order valence-electron chi connectivity index (χ1n) is 14.0. The molecule has 1 aliphatic rings. The molecule has 42 heavy (non-hydrogen) atoms. The maximum absolute atomic E-state index is 13.0. The molecule has 2 aromatic heterocycles. The Bertz CT molecular complexity index is 1390. The van der Waals surface area contributed by atoms with E-state index in [0.29, 0.717) is 38.5 Å². The van der Waals surface area contributed by atoms with Gasteiger partial charge >= 0.3 is 18.2 Å². The van der Waals surface area contributed by atoms with Crippen molar-refractivity contribution in [1.82, 2.24) is 19.4 Å². The summed E-state index contributed by atoms with van der Waals surface area (Å²) in [4.78, 5) is 33.0. The Hall–Kier alpha value is -3.64. The summed E-state index contributed by atoms with van der Waals surface area (Å²) in [6, 6.07) is 6.75. The number of esters is 1. The highest BCUT2D eigenvalue weighted by Gasteiger charge is 2.33. The summed E-state index contributed by atoms with van der Waals surface area (Å²) < 4.78 is 56.5. The molecule has 1 aromatic carbocycles. The van der Waals surface area contributed by atoms with Crippen molar-refractivity contribution in [2.45, 2.75) is 51.9 Å². The number of aromatic nitrogens is 2. The van der Waals surface area contributed by atoms with E-state index < -0.39 is 24.7 Å². The number of carbonyl (C=O) groups is 2. The zero-order chi connectivity index (χ0) is 30.4. The molecule has 0 aliphatic carbocycles. The van der Waals surface area contributed by atoms with Crippen molar-refractivity contribution in [3.8, 4) is 5.75 Å². The van der Waals surface area contributed by atoms with Crippen LogP contribution in [0.5, 0.6) is 5.75 Å². The Balaban J connectivity index is 1.68. The van der Waals surface area contributed by atoms with Crippen molar-refractivity contribution >= 4 is 23.0 Å². The number of hydrogen-bond donors (Lipinski definition) is 0.